The Hall–Kier alpha value is -2.04. The minimum atomic E-state index is -0.566. The molecule has 2 N–H and O–H groups in total. The van der Waals surface area contributed by atoms with Crippen LogP contribution < -0.4 is 10.6 Å². The highest BCUT2D eigenvalue weighted by atomic mass is 16.5. The Morgan fingerprint density at radius 2 is 2.06 bits per heavy atom. The Kier molecular flexibility index (Phi) is 3.27. The summed E-state index contributed by atoms with van der Waals surface area (Å²) < 4.78 is 4.82. The summed E-state index contributed by atoms with van der Waals surface area (Å²) in [5, 5.41) is 5.77. The van der Waals surface area contributed by atoms with Gasteiger partial charge in [-0.05, 0) is 19.1 Å². The number of fused-ring (bicyclic) bond motifs is 1. The molecule has 0 bridgehead atoms. The van der Waals surface area contributed by atoms with Crippen LogP contribution in [0.3, 0.4) is 0 Å². The van der Waals surface area contributed by atoms with Crippen molar-refractivity contribution in [1.29, 1.82) is 0 Å². The summed E-state index contributed by atoms with van der Waals surface area (Å²) >= 11 is 0. The Labute approximate surface area is 99.2 Å². The number of anilines is 2. The summed E-state index contributed by atoms with van der Waals surface area (Å²) in [5.41, 5.74) is 1.55. The van der Waals surface area contributed by atoms with E-state index in [1.807, 2.05) is 18.2 Å². The van der Waals surface area contributed by atoms with Crippen LogP contribution in [0.5, 0.6) is 0 Å². The van der Waals surface area contributed by atoms with Gasteiger partial charge in [0.2, 0.25) is 5.91 Å². The maximum Gasteiger partial charge on any atom is 0.308 e. The van der Waals surface area contributed by atoms with E-state index in [9.17, 15) is 9.59 Å². The van der Waals surface area contributed by atoms with Crippen molar-refractivity contribution in [2.45, 2.75) is 19.4 Å². The average Bonchev–Trinajstić information content (AvgIpc) is 2.30. The molecule has 0 saturated heterocycles. The molecular weight excluding hydrogens is 220 g/mol. The molecular formula is C12H14N2O3. The second-order valence-corrected chi connectivity index (χ2v) is 3.74. The van der Waals surface area contributed by atoms with Crippen LogP contribution in [0.15, 0.2) is 24.3 Å². The third-order valence-electron chi connectivity index (χ3n) is 2.51. The predicted octanol–water partition coefficient (Wildman–Crippen LogP) is 1.37. The van der Waals surface area contributed by atoms with Crippen LogP contribution in [0.1, 0.15) is 13.3 Å². The molecule has 0 spiro atoms. The van der Waals surface area contributed by atoms with Crippen LogP contribution >= 0.6 is 0 Å². The van der Waals surface area contributed by atoms with Gasteiger partial charge in [-0.3, -0.25) is 9.59 Å². The van der Waals surface area contributed by atoms with Crippen molar-refractivity contribution >= 4 is 23.3 Å². The van der Waals surface area contributed by atoms with E-state index in [1.54, 1.807) is 13.0 Å². The van der Waals surface area contributed by atoms with Gasteiger partial charge < -0.3 is 15.4 Å². The number of esters is 1. The van der Waals surface area contributed by atoms with Gasteiger partial charge >= 0.3 is 5.97 Å². The molecule has 0 saturated carbocycles. The molecule has 0 fully saturated rings. The first-order chi connectivity index (χ1) is 8.20. The first-order valence-corrected chi connectivity index (χ1v) is 5.52. The summed E-state index contributed by atoms with van der Waals surface area (Å²) in [6.07, 6.45) is 0.0357. The average molecular weight is 234 g/mol. The maximum atomic E-state index is 11.7. The fourth-order valence-corrected chi connectivity index (χ4v) is 1.72. The van der Waals surface area contributed by atoms with Crippen LogP contribution in [0.2, 0.25) is 0 Å². The zero-order chi connectivity index (χ0) is 12.3. The molecule has 1 unspecified atom stereocenters. The molecule has 17 heavy (non-hydrogen) atoms. The van der Waals surface area contributed by atoms with Gasteiger partial charge in [0.05, 0.1) is 24.4 Å². The summed E-state index contributed by atoms with van der Waals surface area (Å²) in [6.45, 7) is 2.06. The molecule has 1 aromatic rings. The van der Waals surface area contributed by atoms with Crippen LogP contribution in [-0.2, 0) is 14.3 Å². The van der Waals surface area contributed by atoms with E-state index in [-0.39, 0.29) is 18.3 Å². The van der Waals surface area contributed by atoms with Gasteiger partial charge in [-0.25, -0.2) is 0 Å². The molecule has 90 valence electrons. The number of para-hydroxylation sites is 2. The van der Waals surface area contributed by atoms with Crippen LogP contribution in [0.25, 0.3) is 0 Å². The zero-order valence-corrected chi connectivity index (χ0v) is 9.53. The lowest BCUT2D eigenvalue weighted by Crippen LogP contribution is -2.40. The van der Waals surface area contributed by atoms with Gasteiger partial charge in [0.1, 0.15) is 6.04 Å². The monoisotopic (exact) mass is 234 g/mol. The summed E-state index contributed by atoms with van der Waals surface area (Å²) in [7, 11) is 0. The topological polar surface area (TPSA) is 67.4 Å². The normalized spacial score (nSPS) is 17.7. The van der Waals surface area contributed by atoms with E-state index in [0.717, 1.165) is 11.4 Å². The highest BCUT2D eigenvalue weighted by molar-refractivity contribution is 6.04. The Morgan fingerprint density at radius 1 is 1.35 bits per heavy atom. The van der Waals surface area contributed by atoms with Gasteiger partial charge in [-0.1, -0.05) is 12.1 Å². The van der Waals surface area contributed by atoms with Crippen molar-refractivity contribution in [2.24, 2.45) is 0 Å². The molecule has 5 heteroatoms. The first kappa shape index (κ1) is 11.4. The van der Waals surface area contributed by atoms with Crippen molar-refractivity contribution < 1.29 is 14.3 Å². The second-order valence-electron chi connectivity index (χ2n) is 3.74. The minimum Gasteiger partial charge on any atom is -0.466 e. The van der Waals surface area contributed by atoms with E-state index in [4.69, 9.17) is 4.74 Å². The van der Waals surface area contributed by atoms with E-state index in [1.165, 1.54) is 0 Å². The summed E-state index contributed by atoms with van der Waals surface area (Å²) in [5.74, 6) is -0.587. The van der Waals surface area contributed by atoms with Crippen LogP contribution in [0, 0.1) is 0 Å². The van der Waals surface area contributed by atoms with E-state index in [2.05, 4.69) is 10.6 Å². The SMILES string of the molecule is CCOC(=O)CC1Nc2ccccc2NC1=O. The third kappa shape index (κ3) is 2.55. The molecule has 1 aromatic carbocycles. The quantitative estimate of drug-likeness (QED) is 0.775. The third-order valence-corrected chi connectivity index (χ3v) is 2.51. The number of ether oxygens (including phenoxy) is 1. The number of amides is 1. The van der Waals surface area contributed by atoms with Crippen molar-refractivity contribution in [3.63, 3.8) is 0 Å². The van der Waals surface area contributed by atoms with Gasteiger partial charge in [0.15, 0.2) is 0 Å². The van der Waals surface area contributed by atoms with Crippen molar-refractivity contribution in [2.75, 3.05) is 17.2 Å². The van der Waals surface area contributed by atoms with Crippen LogP contribution in [-0.4, -0.2) is 24.5 Å². The largest absolute Gasteiger partial charge is 0.466 e. The summed E-state index contributed by atoms with van der Waals surface area (Å²) in [6, 6.07) is 6.80. The lowest BCUT2D eigenvalue weighted by Gasteiger charge is -2.26. The number of carbonyl (C=O) groups excluding carboxylic acids is 2. The van der Waals surface area contributed by atoms with Gasteiger partial charge in [-0.2, -0.15) is 0 Å². The molecule has 1 heterocycles. The molecule has 1 atom stereocenters. The highest BCUT2D eigenvalue weighted by Gasteiger charge is 2.27. The minimum absolute atomic E-state index is 0.0357. The number of carbonyl (C=O) groups is 2. The standard InChI is InChI=1S/C12H14N2O3/c1-2-17-11(15)7-10-12(16)14-9-6-4-3-5-8(9)13-10/h3-6,10,13H,2,7H2,1H3,(H,14,16). The van der Waals surface area contributed by atoms with Gasteiger partial charge in [0.25, 0.3) is 0 Å². The highest BCUT2D eigenvalue weighted by Crippen LogP contribution is 2.26. The van der Waals surface area contributed by atoms with E-state index in [0.29, 0.717) is 6.61 Å². The second kappa shape index (κ2) is 4.86. The molecule has 0 aliphatic carbocycles. The van der Waals surface area contributed by atoms with E-state index >= 15 is 0 Å². The molecule has 1 aliphatic rings. The molecule has 1 amide bonds. The Morgan fingerprint density at radius 3 is 2.76 bits per heavy atom. The van der Waals surface area contributed by atoms with Gasteiger partial charge in [0, 0.05) is 0 Å². The summed E-state index contributed by atoms with van der Waals surface area (Å²) in [4.78, 5) is 23.0. The number of hydrogen-bond donors (Lipinski definition) is 2. The molecule has 0 aromatic heterocycles. The molecule has 1 aliphatic heterocycles. The number of nitrogens with one attached hydrogen (secondary N) is 2. The smallest absolute Gasteiger partial charge is 0.308 e. The number of rotatable bonds is 3. The van der Waals surface area contributed by atoms with Crippen LogP contribution in [0.4, 0.5) is 11.4 Å². The zero-order valence-electron chi connectivity index (χ0n) is 9.53. The number of benzene rings is 1. The van der Waals surface area contributed by atoms with Crippen molar-refractivity contribution in [1.82, 2.24) is 0 Å². The Balaban J connectivity index is 2.07. The van der Waals surface area contributed by atoms with Gasteiger partial charge in [-0.15, -0.1) is 0 Å². The predicted molar refractivity (Wildman–Crippen MR) is 63.7 cm³/mol. The van der Waals surface area contributed by atoms with E-state index < -0.39 is 6.04 Å². The molecule has 5 nitrogen and oxygen atoms in total. The number of hydrogen-bond acceptors (Lipinski definition) is 4. The fraction of sp³-hybridized carbons (Fsp3) is 0.333. The lowest BCUT2D eigenvalue weighted by molar-refractivity contribution is -0.144. The lowest BCUT2D eigenvalue weighted by atomic mass is 10.1. The maximum absolute atomic E-state index is 11.7. The fourth-order valence-electron chi connectivity index (χ4n) is 1.72. The Bertz CT molecular complexity index is 445. The molecule has 0 radical (unpaired) electrons. The first-order valence-electron chi connectivity index (χ1n) is 5.52. The van der Waals surface area contributed by atoms with Crippen molar-refractivity contribution in [3.05, 3.63) is 24.3 Å². The molecule has 2 rings (SSSR count). The van der Waals surface area contributed by atoms with Crippen molar-refractivity contribution in [3.8, 4) is 0 Å².